The average Bonchev–Trinajstić information content (AvgIpc) is 3.48. The number of allylic oxidation sites excluding steroid dienone is 1. The Labute approximate surface area is 192 Å². The van der Waals surface area contributed by atoms with Crippen molar-refractivity contribution in [1.29, 1.82) is 0 Å². The zero-order valence-electron chi connectivity index (χ0n) is 16.4. The molecule has 0 aliphatic heterocycles. The number of H-pyrrole nitrogens is 1. The molecule has 1 N–H and O–H groups in total. The second-order valence-electron chi connectivity index (χ2n) is 6.77. The second kappa shape index (κ2) is 8.19. The fraction of sp³-hybridized carbons (Fsp3) is 0.143. The maximum absolute atomic E-state index is 12.9. The molecule has 0 atom stereocenters. The summed E-state index contributed by atoms with van der Waals surface area (Å²) in [7, 11) is 0. The van der Waals surface area contributed by atoms with Crippen molar-refractivity contribution in [2.75, 3.05) is 0 Å². The summed E-state index contributed by atoms with van der Waals surface area (Å²) in [6.07, 6.45) is 1.68. The number of thiophene rings is 3. The van der Waals surface area contributed by atoms with Crippen molar-refractivity contribution in [2.24, 2.45) is 0 Å². The SMILES string of the molecule is C=CCn1c(SCc2nc3scc(-c4ccc(C)s4)c3c(=O)[nH]2)nc2ccsc2c1=O. The summed E-state index contributed by atoms with van der Waals surface area (Å²) in [6.45, 7) is 6.17. The van der Waals surface area contributed by atoms with Crippen molar-refractivity contribution in [3.8, 4) is 10.4 Å². The first-order valence-electron chi connectivity index (χ1n) is 9.34. The van der Waals surface area contributed by atoms with Crippen molar-refractivity contribution in [3.05, 3.63) is 73.0 Å². The van der Waals surface area contributed by atoms with Gasteiger partial charge in [-0.15, -0.1) is 40.6 Å². The molecule has 5 aromatic heterocycles. The van der Waals surface area contributed by atoms with Crippen LogP contribution in [0.3, 0.4) is 0 Å². The number of thioether (sulfide) groups is 1. The van der Waals surface area contributed by atoms with Gasteiger partial charge in [-0.2, -0.15) is 0 Å². The van der Waals surface area contributed by atoms with Crippen LogP contribution >= 0.6 is 45.8 Å². The van der Waals surface area contributed by atoms with Gasteiger partial charge in [-0.3, -0.25) is 14.2 Å². The zero-order valence-corrected chi connectivity index (χ0v) is 19.6. The molecular formula is C21H16N4O2S4. The van der Waals surface area contributed by atoms with Gasteiger partial charge in [0.25, 0.3) is 11.1 Å². The number of aromatic nitrogens is 4. The molecule has 0 fully saturated rings. The van der Waals surface area contributed by atoms with Crippen LogP contribution in [-0.4, -0.2) is 19.5 Å². The molecule has 0 saturated carbocycles. The molecule has 10 heteroatoms. The first-order valence-corrected chi connectivity index (χ1v) is 12.9. The van der Waals surface area contributed by atoms with E-state index in [-0.39, 0.29) is 11.1 Å². The van der Waals surface area contributed by atoms with Crippen LogP contribution in [-0.2, 0) is 12.3 Å². The van der Waals surface area contributed by atoms with E-state index in [2.05, 4.69) is 27.6 Å². The molecule has 0 amide bonds. The quantitative estimate of drug-likeness (QED) is 0.202. The maximum atomic E-state index is 12.9. The lowest BCUT2D eigenvalue weighted by molar-refractivity contribution is 0.672. The second-order valence-corrected chi connectivity index (χ2v) is 10.8. The summed E-state index contributed by atoms with van der Waals surface area (Å²) in [5.41, 5.74) is 1.39. The highest BCUT2D eigenvalue weighted by atomic mass is 32.2. The molecule has 0 aliphatic rings. The van der Waals surface area contributed by atoms with Crippen LogP contribution in [0.5, 0.6) is 0 Å². The fourth-order valence-electron chi connectivity index (χ4n) is 3.28. The normalized spacial score (nSPS) is 11.5. The molecular weight excluding hydrogens is 469 g/mol. The number of nitrogens with one attached hydrogen (secondary N) is 1. The number of aromatic amines is 1. The van der Waals surface area contributed by atoms with E-state index >= 15 is 0 Å². The molecule has 0 unspecified atom stereocenters. The Morgan fingerprint density at radius 2 is 2.10 bits per heavy atom. The lowest BCUT2D eigenvalue weighted by Gasteiger charge is -2.09. The summed E-state index contributed by atoms with van der Waals surface area (Å²) in [4.78, 5) is 40.8. The van der Waals surface area contributed by atoms with Crippen molar-refractivity contribution in [3.63, 3.8) is 0 Å². The Kier molecular flexibility index (Phi) is 5.39. The van der Waals surface area contributed by atoms with Crippen LogP contribution in [0.4, 0.5) is 0 Å². The molecule has 0 radical (unpaired) electrons. The summed E-state index contributed by atoms with van der Waals surface area (Å²) in [5, 5.41) is 5.06. The monoisotopic (exact) mass is 484 g/mol. The van der Waals surface area contributed by atoms with Crippen LogP contribution in [0.2, 0.25) is 0 Å². The van der Waals surface area contributed by atoms with Gasteiger partial charge in [0.2, 0.25) is 0 Å². The molecule has 31 heavy (non-hydrogen) atoms. The highest BCUT2D eigenvalue weighted by Gasteiger charge is 2.16. The lowest BCUT2D eigenvalue weighted by Crippen LogP contribution is -2.22. The molecule has 0 spiro atoms. The van der Waals surface area contributed by atoms with E-state index < -0.39 is 0 Å². The van der Waals surface area contributed by atoms with Crippen molar-refractivity contribution in [1.82, 2.24) is 19.5 Å². The Bertz CT molecular complexity index is 1550. The minimum absolute atomic E-state index is 0.0755. The third-order valence-electron chi connectivity index (χ3n) is 4.68. The molecule has 0 saturated heterocycles. The molecule has 5 rings (SSSR count). The molecule has 0 aliphatic carbocycles. The van der Waals surface area contributed by atoms with E-state index in [1.807, 2.05) is 29.8 Å². The number of rotatable bonds is 6. The summed E-state index contributed by atoms with van der Waals surface area (Å²) in [5.74, 6) is 0.957. The number of hydrogen-bond donors (Lipinski definition) is 1. The van der Waals surface area contributed by atoms with E-state index in [1.165, 1.54) is 39.3 Å². The Morgan fingerprint density at radius 3 is 2.87 bits per heavy atom. The smallest absolute Gasteiger partial charge is 0.272 e. The molecule has 0 aromatic carbocycles. The Hall–Kier alpha value is -2.53. The molecule has 5 heterocycles. The maximum Gasteiger partial charge on any atom is 0.272 e. The van der Waals surface area contributed by atoms with Crippen LogP contribution < -0.4 is 11.1 Å². The summed E-state index contributed by atoms with van der Waals surface area (Å²) >= 11 is 5.90. The highest BCUT2D eigenvalue weighted by molar-refractivity contribution is 7.98. The number of hydrogen-bond acceptors (Lipinski definition) is 8. The predicted octanol–water partition coefficient (Wildman–Crippen LogP) is 5.27. The largest absolute Gasteiger partial charge is 0.309 e. The molecule has 5 aromatic rings. The van der Waals surface area contributed by atoms with Gasteiger partial charge in [0.1, 0.15) is 15.4 Å². The first kappa shape index (κ1) is 20.4. The van der Waals surface area contributed by atoms with Crippen molar-refractivity contribution < 1.29 is 0 Å². The Morgan fingerprint density at radius 1 is 1.23 bits per heavy atom. The van der Waals surface area contributed by atoms with E-state index in [9.17, 15) is 9.59 Å². The minimum atomic E-state index is -0.146. The van der Waals surface area contributed by atoms with Gasteiger partial charge < -0.3 is 4.98 Å². The molecule has 156 valence electrons. The van der Waals surface area contributed by atoms with Crippen LogP contribution in [0.15, 0.2) is 56.4 Å². The zero-order chi connectivity index (χ0) is 21.5. The highest BCUT2D eigenvalue weighted by Crippen LogP contribution is 2.35. The van der Waals surface area contributed by atoms with Crippen LogP contribution in [0.1, 0.15) is 10.7 Å². The third-order valence-corrected chi connectivity index (χ3v) is 8.46. The van der Waals surface area contributed by atoms with Crippen molar-refractivity contribution >= 4 is 66.2 Å². The van der Waals surface area contributed by atoms with E-state index in [1.54, 1.807) is 22.0 Å². The predicted molar refractivity (Wildman–Crippen MR) is 132 cm³/mol. The van der Waals surface area contributed by atoms with Gasteiger partial charge in [0, 0.05) is 27.2 Å². The molecule has 0 bridgehead atoms. The van der Waals surface area contributed by atoms with Gasteiger partial charge in [-0.05, 0) is 30.5 Å². The van der Waals surface area contributed by atoms with Gasteiger partial charge >= 0.3 is 0 Å². The van der Waals surface area contributed by atoms with Gasteiger partial charge in [-0.25, -0.2) is 9.97 Å². The lowest BCUT2D eigenvalue weighted by atomic mass is 10.2. The third kappa shape index (κ3) is 3.69. The fourth-order valence-corrected chi connectivity index (χ4v) is 6.86. The molecule has 6 nitrogen and oxygen atoms in total. The number of aryl methyl sites for hydroxylation is 1. The van der Waals surface area contributed by atoms with Crippen LogP contribution in [0.25, 0.3) is 30.9 Å². The minimum Gasteiger partial charge on any atom is -0.309 e. The van der Waals surface area contributed by atoms with Gasteiger partial charge in [0.05, 0.1) is 16.7 Å². The topological polar surface area (TPSA) is 80.6 Å². The van der Waals surface area contributed by atoms with Gasteiger partial charge in [-0.1, -0.05) is 17.8 Å². The van der Waals surface area contributed by atoms with E-state index in [0.29, 0.717) is 43.7 Å². The van der Waals surface area contributed by atoms with E-state index in [4.69, 9.17) is 0 Å². The Balaban J connectivity index is 1.49. The van der Waals surface area contributed by atoms with Gasteiger partial charge in [0.15, 0.2) is 5.16 Å². The number of nitrogens with zero attached hydrogens (tertiary/aromatic N) is 3. The average molecular weight is 485 g/mol. The van der Waals surface area contributed by atoms with E-state index in [0.717, 1.165) is 10.4 Å². The van der Waals surface area contributed by atoms with Crippen molar-refractivity contribution in [2.45, 2.75) is 24.4 Å². The summed E-state index contributed by atoms with van der Waals surface area (Å²) < 4.78 is 2.24. The standard InChI is InChI=1S/C21H16N4O2S4/c1-3-7-25-20(27)17-13(6-8-28-17)22-21(25)30-10-15-23-18(26)16-12(9-29-19(16)24-15)14-5-4-11(2)31-14/h3-6,8-9H,1,7,10H2,2H3,(H,23,24,26). The number of fused-ring (bicyclic) bond motifs is 2. The first-order chi connectivity index (χ1) is 15.0. The van der Waals surface area contributed by atoms with Crippen LogP contribution in [0, 0.1) is 6.92 Å². The summed E-state index contributed by atoms with van der Waals surface area (Å²) in [6, 6.07) is 5.93.